The molecule has 0 spiro atoms. The second-order valence-corrected chi connectivity index (χ2v) is 2.21. The first-order chi connectivity index (χ1) is 4.13. The molecule has 0 heterocycles. The number of aliphatic hydroxyl groups excluding tert-OH is 1. The highest BCUT2D eigenvalue weighted by Gasteiger charge is 1.96. The zero-order valence-corrected chi connectivity index (χ0v) is 6.00. The molecule has 0 saturated heterocycles. The fraction of sp³-hybridized carbons (Fsp3) is 1.00. The van der Waals surface area contributed by atoms with Gasteiger partial charge in [-0.1, -0.05) is 0 Å². The SMILES string of the molecule is CC(O)CCOC(C)N. The third kappa shape index (κ3) is 7.88. The highest BCUT2D eigenvalue weighted by Crippen LogP contribution is 1.90. The minimum atomic E-state index is -0.288. The molecule has 0 fully saturated rings. The van der Waals surface area contributed by atoms with Crippen LogP contribution in [0.15, 0.2) is 0 Å². The van der Waals surface area contributed by atoms with Crippen molar-refractivity contribution in [1.82, 2.24) is 0 Å². The van der Waals surface area contributed by atoms with E-state index in [0.717, 1.165) is 0 Å². The van der Waals surface area contributed by atoms with Crippen LogP contribution in [0, 0.1) is 0 Å². The maximum atomic E-state index is 8.74. The van der Waals surface area contributed by atoms with E-state index in [9.17, 15) is 0 Å². The van der Waals surface area contributed by atoms with Gasteiger partial charge < -0.3 is 15.6 Å². The van der Waals surface area contributed by atoms with Gasteiger partial charge in [0.25, 0.3) is 0 Å². The van der Waals surface area contributed by atoms with Crippen LogP contribution in [-0.2, 0) is 4.74 Å². The number of hydrogen-bond donors (Lipinski definition) is 2. The van der Waals surface area contributed by atoms with E-state index >= 15 is 0 Å². The Balaban J connectivity index is 2.91. The smallest absolute Gasteiger partial charge is 0.102 e. The zero-order chi connectivity index (χ0) is 7.28. The number of nitrogens with two attached hydrogens (primary N) is 1. The van der Waals surface area contributed by atoms with Gasteiger partial charge in [-0.05, 0) is 20.3 Å². The molecule has 3 heteroatoms. The molecule has 0 aromatic rings. The van der Waals surface area contributed by atoms with Crippen LogP contribution >= 0.6 is 0 Å². The summed E-state index contributed by atoms with van der Waals surface area (Å²) in [5.74, 6) is 0. The molecule has 56 valence electrons. The molecule has 2 unspecified atom stereocenters. The second kappa shape index (κ2) is 4.73. The van der Waals surface area contributed by atoms with Crippen LogP contribution in [0.3, 0.4) is 0 Å². The Hall–Kier alpha value is -0.120. The summed E-state index contributed by atoms with van der Waals surface area (Å²) >= 11 is 0. The fourth-order valence-electron chi connectivity index (χ4n) is 0.424. The Bertz CT molecular complexity index is 56.1. The van der Waals surface area contributed by atoms with Crippen molar-refractivity contribution in [3.63, 3.8) is 0 Å². The lowest BCUT2D eigenvalue weighted by Gasteiger charge is -2.07. The molecule has 2 atom stereocenters. The Labute approximate surface area is 55.8 Å². The third-order valence-corrected chi connectivity index (χ3v) is 0.916. The molecule has 0 radical (unpaired) electrons. The molecule has 0 amide bonds. The van der Waals surface area contributed by atoms with Gasteiger partial charge in [-0.3, -0.25) is 0 Å². The minimum Gasteiger partial charge on any atom is -0.393 e. The van der Waals surface area contributed by atoms with Crippen molar-refractivity contribution in [3.8, 4) is 0 Å². The molecular formula is C6H15NO2. The molecule has 0 aromatic heterocycles. The van der Waals surface area contributed by atoms with Crippen LogP contribution in [0.2, 0.25) is 0 Å². The standard InChI is InChI=1S/C6H15NO2/c1-5(8)3-4-9-6(2)7/h5-6,8H,3-4,7H2,1-2H3. The van der Waals surface area contributed by atoms with E-state index in [1.54, 1.807) is 13.8 Å². The zero-order valence-electron chi connectivity index (χ0n) is 6.00. The minimum absolute atomic E-state index is 0.219. The fourth-order valence-corrected chi connectivity index (χ4v) is 0.424. The Kier molecular flexibility index (Phi) is 4.67. The van der Waals surface area contributed by atoms with Crippen molar-refractivity contribution < 1.29 is 9.84 Å². The van der Waals surface area contributed by atoms with Gasteiger partial charge in [0.15, 0.2) is 0 Å². The molecule has 0 aliphatic rings. The van der Waals surface area contributed by atoms with E-state index in [4.69, 9.17) is 15.6 Å². The maximum absolute atomic E-state index is 8.74. The summed E-state index contributed by atoms with van der Waals surface area (Å²) in [4.78, 5) is 0. The molecule has 0 aromatic carbocycles. The molecule has 3 N–H and O–H groups in total. The van der Waals surface area contributed by atoms with Crippen LogP contribution in [0.5, 0.6) is 0 Å². The predicted molar refractivity (Wildman–Crippen MR) is 35.9 cm³/mol. The van der Waals surface area contributed by atoms with E-state index in [1.807, 2.05) is 0 Å². The first-order valence-corrected chi connectivity index (χ1v) is 3.18. The summed E-state index contributed by atoms with van der Waals surface area (Å²) in [7, 11) is 0. The lowest BCUT2D eigenvalue weighted by atomic mass is 10.3. The molecule has 0 saturated carbocycles. The van der Waals surface area contributed by atoms with E-state index in [2.05, 4.69) is 0 Å². The number of hydrogen-bond acceptors (Lipinski definition) is 3. The van der Waals surface area contributed by atoms with E-state index in [-0.39, 0.29) is 12.3 Å². The van der Waals surface area contributed by atoms with Crippen LogP contribution in [0.1, 0.15) is 20.3 Å². The van der Waals surface area contributed by atoms with Crippen molar-refractivity contribution in [2.75, 3.05) is 6.61 Å². The summed E-state index contributed by atoms with van der Waals surface area (Å²) in [6.07, 6.45) is 0.147. The van der Waals surface area contributed by atoms with Gasteiger partial charge in [-0.15, -0.1) is 0 Å². The molecule has 3 nitrogen and oxygen atoms in total. The van der Waals surface area contributed by atoms with Gasteiger partial charge in [0.2, 0.25) is 0 Å². The van der Waals surface area contributed by atoms with Crippen LogP contribution in [0.4, 0.5) is 0 Å². The summed E-state index contributed by atoms with van der Waals surface area (Å²) < 4.78 is 4.97. The predicted octanol–water partition coefficient (Wildman–Crippen LogP) is 0.0786. The average Bonchev–Trinajstić information content (AvgIpc) is 1.63. The maximum Gasteiger partial charge on any atom is 0.102 e. The van der Waals surface area contributed by atoms with Crippen molar-refractivity contribution in [2.45, 2.75) is 32.6 Å². The van der Waals surface area contributed by atoms with Crippen molar-refractivity contribution in [1.29, 1.82) is 0 Å². The van der Waals surface area contributed by atoms with Crippen LogP contribution in [-0.4, -0.2) is 24.0 Å². The Morgan fingerprint density at radius 3 is 2.44 bits per heavy atom. The number of rotatable bonds is 4. The lowest BCUT2D eigenvalue weighted by Crippen LogP contribution is -2.21. The van der Waals surface area contributed by atoms with Gasteiger partial charge in [0.05, 0.1) is 12.7 Å². The van der Waals surface area contributed by atoms with E-state index in [0.29, 0.717) is 13.0 Å². The van der Waals surface area contributed by atoms with Crippen LogP contribution in [0.25, 0.3) is 0 Å². The lowest BCUT2D eigenvalue weighted by molar-refractivity contribution is 0.0452. The van der Waals surface area contributed by atoms with E-state index < -0.39 is 0 Å². The average molecular weight is 133 g/mol. The highest BCUT2D eigenvalue weighted by atomic mass is 16.5. The summed E-state index contributed by atoms with van der Waals surface area (Å²) in [6, 6.07) is 0. The monoisotopic (exact) mass is 133 g/mol. The topological polar surface area (TPSA) is 55.5 Å². The van der Waals surface area contributed by atoms with Crippen LogP contribution < -0.4 is 5.73 Å². The van der Waals surface area contributed by atoms with Gasteiger partial charge in [0.1, 0.15) is 6.23 Å². The highest BCUT2D eigenvalue weighted by molar-refractivity contribution is 4.44. The summed E-state index contributed by atoms with van der Waals surface area (Å²) in [5, 5.41) is 8.74. The first kappa shape index (κ1) is 8.88. The Morgan fingerprint density at radius 1 is 1.56 bits per heavy atom. The van der Waals surface area contributed by atoms with Gasteiger partial charge in [-0.2, -0.15) is 0 Å². The third-order valence-electron chi connectivity index (χ3n) is 0.916. The Morgan fingerprint density at radius 2 is 2.11 bits per heavy atom. The molecule has 0 aliphatic carbocycles. The molecule has 0 aliphatic heterocycles. The number of aliphatic hydroxyl groups is 1. The molecule has 0 rings (SSSR count). The summed E-state index contributed by atoms with van der Waals surface area (Å²) in [5.41, 5.74) is 5.27. The normalized spacial score (nSPS) is 17.3. The quantitative estimate of drug-likeness (QED) is 0.534. The van der Waals surface area contributed by atoms with Crippen molar-refractivity contribution in [3.05, 3.63) is 0 Å². The van der Waals surface area contributed by atoms with E-state index in [1.165, 1.54) is 0 Å². The summed E-state index contributed by atoms with van der Waals surface area (Å²) in [6.45, 7) is 4.03. The molecule has 0 bridgehead atoms. The first-order valence-electron chi connectivity index (χ1n) is 3.18. The largest absolute Gasteiger partial charge is 0.393 e. The number of ether oxygens (including phenoxy) is 1. The van der Waals surface area contributed by atoms with Crippen molar-refractivity contribution in [2.24, 2.45) is 5.73 Å². The van der Waals surface area contributed by atoms with Gasteiger partial charge in [0, 0.05) is 0 Å². The van der Waals surface area contributed by atoms with Gasteiger partial charge in [-0.25, -0.2) is 0 Å². The molecular weight excluding hydrogens is 118 g/mol. The van der Waals surface area contributed by atoms with Gasteiger partial charge >= 0.3 is 0 Å². The molecule has 9 heavy (non-hydrogen) atoms. The van der Waals surface area contributed by atoms with Crippen molar-refractivity contribution >= 4 is 0 Å². The second-order valence-electron chi connectivity index (χ2n) is 2.21.